The standard InChI is InChI=1S/C25H19ClN2O2/c1-17-5-10-19(11-6-17)23-16-28(25(30)27-23)22-4-2-3-20(15-22)24(29)14-9-18-7-12-21(26)13-8-18/h2-16H,1H3,(H,27,30)/b14-9+. The maximum Gasteiger partial charge on any atom is 0.330 e. The van der Waals surface area contributed by atoms with E-state index in [-0.39, 0.29) is 11.5 Å². The Balaban J connectivity index is 1.60. The quantitative estimate of drug-likeness (QED) is 0.337. The normalized spacial score (nSPS) is 11.1. The van der Waals surface area contributed by atoms with Gasteiger partial charge < -0.3 is 4.98 Å². The van der Waals surface area contributed by atoms with Gasteiger partial charge in [-0.25, -0.2) is 4.79 Å². The van der Waals surface area contributed by atoms with Gasteiger partial charge in [0.1, 0.15) is 0 Å². The van der Waals surface area contributed by atoms with Crippen LogP contribution >= 0.6 is 11.6 Å². The molecule has 0 saturated heterocycles. The molecule has 3 aromatic carbocycles. The first-order chi connectivity index (χ1) is 14.5. The fraction of sp³-hybridized carbons (Fsp3) is 0.0400. The van der Waals surface area contributed by atoms with Gasteiger partial charge in [0.25, 0.3) is 0 Å². The minimum Gasteiger partial charge on any atom is -0.305 e. The molecule has 4 nitrogen and oxygen atoms in total. The monoisotopic (exact) mass is 414 g/mol. The maximum atomic E-state index is 12.6. The number of carbonyl (C=O) groups is 1. The summed E-state index contributed by atoms with van der Waals surface area (Å²) in [6.45, 7) is 2.02. The van der Waals surface area contributed by atoms with Crippen LogP contribution < -0.4 is 5.69 Å². The van der Waals surface area contributed by atoms with E-state index in [0.717, 1.165) is 22.4 Å². The lowest BCUT2D eigenvalue weighted by Gasteiger charge is -2.03. The highest BCUT2D eigenvalue weighted by atomic mass is 35.5. The third-order valence-electron chi connectivity index (χ3n) is 4.79. The molecule has 0 bridgehead atoms. The molecule has 0 unspecified atom stereocenters. The summed E-state index contributed by atoms with van der Waals surface area (Å²) in [7, 11) is 0. The van der Waals surface area contributed by atoms with Gasteiger partial charge in [-0.2, -0.15) is 0 Å². The van der Waals surface area contributed by atoms with Crippen LogP contribution in [0.4, 0.5) is 0 Å². The first-order valence-electron chi connectivity index (χ1n) is 9.47. The van der Waals surface area contributed by atoms with Crippen molar-refractivity contribution in [1.82, 2.24) is 9.55 Å². The molecule has 4 aromatic rings. The number of ketones is 1. The van der Waals surface area contributed by atoms with Gasteiger partial charge >= 0.3 is 5.69 Å². The van der Waals surface area contributed by atoms with Crippen LogP contribution in [0.2, 0.25) is 5.02 Å². The van der Waals surface area contributed by atoms with Gasteiger partial charge in [0, 0.05) is 16.8 Å². The predicted octanol–water partition coefficient (Wildman–Crippen LogP) is 5.69. The van der Waals surface area contributed by atoms with Crippen molar-refractivity contribution < 1.29 is 4.79 Å². The van der Waals surface area contributed by atoms with Crippen molar-refractivity contribution in [1.29, 1.82) is 0 Å². The minimum atomic E-state index is -0.258. The third-order valence-corrected chi connectivity index (χ3v) is 5.04. The van der Waals surface area contributed by atoms with Gasteiger partial charge in [-0.05, 0) is 48.4 Å². The summed E-state index contributed by atoms with van der Waals surface area (Å²) in [5.41, 5.74) is 4.55. The molecule has 0 fully saturated rings. The number of H-pyrrole nitrogens is 1. The summed E-state index contributed by atoms with van der Waals surface area (Å²) in [4.78, 5) is 28.0. The number of aromatic nitrogens is 2. The number of nitrogens with one attached hydrogen (secondary N) is 1. The second kappa shape index (κ2) is 8.39. The van der Waals surface area contributed by atoms with E-state index in [0.29, 0.717) is 16.3 Å². The Labute approximate surface area is 179 Å². The van der Waals surface area contributed by atoms with E-state index in [1.807, 2.05) is 43.3 Å². The summed E-state index contributed by atoms with van der Waals surface area (Å²) >= 11 is 5.88. The van der Waals surface area contributed by atoms with E-state index in [9.17, 15) is 9.59 Å². The molecule has 0 spiro atoms. The number of aryl methyl sites for hydroxylation is 1. The lowest BCUT2D eigenvalue weighted by Crippen LogP contribution is -2.14. The molecule has 0 radical (unpaired) electrons. The lowest BCUT2D eigenvalue weighted by molar-refractivity contribution is 0.104. The van der Waals surface area contributed by atoms with E-state index in [1.54, 1.807) is 48.7 Å². The van der Waals surface area contributed by atoms with Gasteiger partial charge in [-0.1, -0.05) is 71.8 Å². The van der Waals surface area contributed by atoms with Crippen LogP contribution in [-0.4, -0.2) is 15.3 Å². The number of hydrogen-bond donors (Lipinski definition) is 1. The van der Waals surface area contributed by atoms with Crippen molar-refractivity contribution in [2.45, 2.75) is 6.92 Å². The Morgan fingerprint density at radius 3 is 2.47 bits per heavy atom. The Bertz CT molecular complexity index is 1280. The molecule has 30 heavy (non-hydrogen) atoms. The molecular formula is C25H19ClN2O2. The second-order valence-electron chi connectivity index (χ2n) is 7.01. The number of allylic oxidation sites excluding steroid dienone is 1. The molecule has 0 atom stereocenters. The first kappa shape index (κ1) is 19.7. The molecule has 0 amide bonds. The van der Waals surface area contributed by atoms with Gasteiger partial charge in [0.2, 0.25) is 0 Å². The van der Waals surface area contributed by atoms with Crippen LogP contribution in [0, 0.1) is 6.92 Å². The molecule has 5 heteroatoms. The van der Waals surface area contributed by atoms with Crippen LogP contribution in [0.3, 0.4) is 0 Å². The van der Waals surface area contributed by atoms with Gasteiger partial charge in [0.05, 0.1) is 11.4 Å². The van der Waals surface area contributed by atoms with Crippen LogP contribution in [0.1, 0.15) is 21.5 Å². The molecule has 0 aliphatic carbocycles. The Morgan fingerprint density at radius 1 is 1.00 bits per heavy atom. The van der Waals surface area contributed by atoms with Gasteiger partial charge in [-0.3, -0.25) is 9.36 Å². The number of carbonyl (C=O) groups excluding carboxylic acids is 1. The number of halogens is 1. The number of aromatic amines is 1. The van der Waals surface area contributed by atoms with Crippen molar-refractivity contribution >= 4 is 23.5 Å². The van der Waals surface area contributed by atoms with E-state index in [1.165, 1.54) is 10.6 Å². The largest absolute Gasteiger partial charge is 0.330 e. The van der Waals surface area contributed by atoms with E-state index in [2.05, 4.69) is 4.98 Å². The highest BCUT2D eigenvalue weighted by molar-refractivity contribution is 6.30. The van der Waals surface area contributed by atoms with Crippen molar-refractivity contribution in [2.24, 2.45) is 0 Å². The number of benzene rings is 3. The minimum absolute atomic E-state index is 0.144. The van der Waals surface area contributed by atoms with E-state index in [4.69, 9.17) is 11.6 Å². The average molecular weight is 415 g/mol. The van der Waals surface area contributed by atoms with Gasteiger partial charge in [-0.15, -0.1) is 0 Å². The summed E-state index contributed by atoms with van der Waals surface area (Å²) in [6.07, 6.45) is 5.00. The summed E-state index contributed by atoms with van der Waals surface area (Å²) < 4.78 is 1.51. The fourth-order valence-corrected chi connectivity index (χ4v) is 3.24. The third kappa shape index (κ3) is 4.34. The van der Waals surface area contributed by atoms with Crippen LogP contribution in [0.5, 0.6) is 0 Å². The molecule has 0 aliphatic heterocycles. The number of rotatable bonds is 5. The van der Waals surface area contributed by atoms with Crippen molar-refractivity contribution in [2.75, 3.05) is 0 Å². The zero-order valence-corrected chi connectivity index (χ0v) is 17.1. The number of imidazole rings is 1. The SMILES string of the molecule is Cc1ccc(-c2cn(-c3cccc(C(=O)/C=C/c4ccc(Cl)cc4)c3)c(=O)[nH]2)cc1. The first-order valence-corrected chi connectivity index (χ1v) is 9.84. The molecule has 1 heterocycles. The Morgan fingerprint density at radius 2 is 1.73 bits per heavy atom. The predicted molar refractivity (Wildman–Crippen MR) is 121 cm³/mol. The highest BCUT2D eigenvalue weighted by Gasteiger charge is 2.09. The van der Waals surface area contributed by atoms with Crippen molar-refractivity contribution in [3.63, 3.8) is 0 Å². The fourth-order valence-electron chi connectivity index (χ4n) is 3.12. The molecule has 1 N–H and O–H groups in total. The summed E-state index contributed by atoms with van der Waals surface area (Å²) in [5.74, 6) is -0.144. The molecule has 0 saturated carbocycles. The summed E-state index contributed by atoms with van der Waals surface area (Å²) in [6, 6.07) is 22.2. The molecule has 1 aromatic heterocycles. The van der Waals surface area contributed by atoms with Crippen LogP contribution in [-0.2, 0) is 0 Å². The Kier molecular flexibility index (Phi) is 5.50. The van der Waals surface area contributed by atoms with Crippen LogP contribution in [0.25, 0.3) is 23.0 Å². The van der Waals surface area contributed by atoms with Crippen molar-refractivity contribution in [3.8, 4) is 16.9 Å². The summed E-state index contributed by atoms with van der Waals surface area (Å²) in [5, 5.41) is 0.646. The molecular weight excluding hydrogens is 396 g/mol. The van der Waals surface area contributed by atoms with E-state index >= 15 is 0 Å². The maximum absolute atomic E-state index is 12.6. The number of hydrogen-bond acceptors (Lipinski definition) is 2. The van der Waals surface area contributed by atoms with Gasteiger partial charge in [0.15, 0.2) is 5.78 Å². The topological polar surface area (TPSA) is 54.9 Å². The molecule has 0 aliphatic rings. The number of nitrogens with zero attached hydrogens (tertiary/aromatic N) is 1. The van der Waals surface area contributed by atoms with E-state index < -0.39 is 0 Å². The Hall–Kier alpha value is -3.63. The smallest absolute Gasteiger partial charge is 0.305 e. The zero-order chi connectivity index (χ0) is 21.1. The van der Waals surface area contributed by atoms with Crippen molar-refractivity contribution in [3.05, 3.63) is 117 Å². The zero-order valence-electron chi connectivity index (χ0n) is 16.3. The lowest BCUT2D eigenvalue weighted by atomic mass is 10.1. The average Bonchev–Trinajstić information content (AvgIpc) is 3.15. The molecule has 4 rings (SSSR count). The van der Waals surface area contributed by atoms with Crippen LogP contribution in [0.15, 0.2) is 89.9 Å². The second-order valence-corrected chi connectivity index (χ2v) is 7.44. The highest BCUT2D eigenvalue weighted by Crippen LogP contribution is 2.19. The molecule has 148 valence electrons.